The number of sulfone groups is 1. The maximum Gasteiger partial charge on any atom is 0.239 e. The number of nitrogens with two attached hydrogens (primary N) is 1. The molecule has 0 atom stereocenters. The number of rotatable bonds is 7. The van der Waals surface area contributed by atoms with Gasteiger partial charge in [0, 0.05) is 10.9 Å². The van der Waals surface area contributed by atoms with E-state index in [0.717, 1.165) is 17.5 Å². The van der Waals surface area contributed by atoms with E-state index in [1.54, 1.807) is 6.07 Å². The van der Waals surface area contributed by atoms with Crippen LogP contribution in [0.25, 0.3) is 22.3 Å². The van der Waals surface area contributed by atoms with Crippen LogP contribution in [0.1, 0.15) is 10.4 Å². The Kier molecular flexibility index (Phi) is 5.83. The minimum atomic E-state index is -4.30. The molecule has 0 amide bonds. The molecule has 0 bridgehead atoms. The number of hydrogen-bond acceptors (Lipinski definition) is 7. The quantitative estimate of drug-likeness (QED) is 0.397. The number of carbonyl (C=O) groups is 1. The first kappa shape index (κ1) is 22.7. The Hall–Kier alpha value is -3.47. The van der Waals surface area contributed by atoms with Gasteiger partial charge in [-0.2, -0.15) is 0 Å². The summed E-state index contributed by atoms with van der Waals surface area (Å²) in [6.45, 7) is 0. The largest absolute Gasteiger partial charge is 0.496 e. The van der Waals surface area contributed by atoms with E-state index in [0.29, 0.717) is 22.7 Å². The van der Waals surface area contributed by atoms with Crippen LogP contribution >= 0.6 is 0 Å². The van der Waals surface area contributed by atoms with Crippen molar-refractivity contribution in [3.05, 3.63) is 78.4 Å². The third-order valence-corrected chi connectivity index (χ3v) is 7.79. The Morgan fingerprint density at radius 3 is 2.24 bits per heavy atom. The number of furan rings is 1. The Morgan fingerprint density at radius 2 is 1.58 bits per heavy atom. The molecule has 0 fully saturated rings. The van der Waals surface area contributed by atoms with Crippen molar-refractivity contribution in [2.45, 2.75) is 9.79 Å². The van der Waals surface area contributed by atoms with E-state index in [1.165, 1.54) is 31.4 Å². The molecule has 33 heavy (non-hydrogen) atoms. The molecule has 8 nitrogen and oxygen atoms in total. The van der Waals surface area contributed by atoms with E-state index in [4.69, 9.17) is 14.3 Å². The zero-order valence-corrected chi connectivity index (χ0v) is 19.0. The molecular weight excluding hydrogens is 466 g/mol. The molecule has 4 rings (SSSR count). The van der Waals surface area contributed by atoms with E-state index >= 15 is 0 Å². The van der Waals surface area contributed by atoms with Gasteiger partial charge in [-0.15, -0.1) is 0 Å². The topological polar surface area (TPSA) is 134 Å². The zero-order valence-electron chi connectivity index (χ0n) is 17.4. The van der Waals surface area contributed by atoms with E-state index in [1.807, 2.05) is 30.3 Å². The molecule has 10 heteroatoms. The summed E-state index contributed by atoms with van der Waals surface area (Å²) in [5, 5.41) is 6.03. The highest BCUT2D eigenvalue weighted by Gasteiger charge is 2.27. The van der Waals surface area contributed by atoms with Crippen LogP contribution in [0.2, 0.25) is 0 Å². The van der Waals surface area contributed by atoms with E-state index in [9.17, 15) is 21.6 Å². The summed E-state index contributed by atoms with van der Waals surface area (Å²) in [5.74, 6) is -0.815. The first-order valence-electron chi connectivity index (χ1n) is 9.65. The van der Waals surface area contributed by atoms with Crippen molar-refractivity contribution in [3.63, 3.8) is 0 Å². The third kappa shape index (κ3) is 4.54. The van der Waals surface area contributed by atoms with Crippen molar-refractivity contribution in [1.29, 1.82) is 0 Å². The molecule has 1 aromatic heterocycles. The lowest BCUT2D eigenvalue weighted by Gasteiger charge is -2.10. The zero-order chi connectivity index (χ0) is 23.8. The Bertz CT molecular complexity index is 1550. The van der Waals surface area contributed by atoms with Crippen LogP contribution in [-0.4, -0.2) is 35.5 Å². The average Bonchev–Trinajstić information content (AvgIpc) is 3.22. The number of primary sulfonamides is 1. The van der Waals surface area contributed by atoms with Gasteiger partial charge in [0.25, 0.3) is 0 Å². The first-order chi connectivity index (χ1) is 15.6. The predicted molar refractivity (Wildman–Crippen MR) is 122 cm³/mol. The number of para-hydroxylation sites is 1. The number of ketones is 1. The number of ether oxygens (including phenoxy) is 1. The van der Waals surface area contributed by atoms with Crippen molar-refractivity contribution in [1.82, 2.24) is 0 Å². The molecular formula is C23H19NO7S2. The van der Waals surface area contributed by atoms with Crippen LogP contribution in [0.15, 0.2) is 87.0 Å². The summed E-state index contributed by atoms with van der Waals surface area (Å²) in [6, 6.07) is 18.7. The van der Waals surface area contributed by atoms with E-state index < -0.39 is 41.2 Å². The lowest BCUT2D eigenvalue weighted by Crippen LogP contribution is -2.21. The molecule has 0 aliphatic heterocycles. The van der Waals surface area contributed by atoms with Crippen LogP contribution in [0.3, 0.4) is 0 Å². The van der Waals surface area contributed by atoms with Gasteiger partial charge in [-0.3, -0.25) is 4.79 Å². The second kappa shape index (κ2) is 8.47. The molecule has 0 saturated carbocycles. The molecule has 1 heterocycles. The van der Waals surface area contributed by atoms with Crippen LogP contribution in [0, 0.1) is 0 Å². The smallest absolute Gasteiger partial charge is 0.239 e. The van der Waals surface area contributed by atoms with Gasteiger partial charge in [0.15, 0.2) is 15.6 Å². The minimum Gasteiger partial charge on any atom is -0.496 e. The number of carbonyl (C=O) groups excluding carboxylic acids is 1. The van der Waals surface area contributed by atoms with Crippen LogP contribution < -0.4 is 9.88 Å². The lowest BCUT2D eigenvalue weighted by atomic mass is 10.1. The number of benzene rings is 3. The van der Waals surface area contributed by atoms with Gasteiger partial charge < -0.3 is 9.15 Å². The molecule has 0 radical (unpaired) electrons. The van der Waals surface area contributed by atoms with E-state index in [-0.39, 0.29) is 5.56 Å². The number of sulfonamides is 1. The molecule has 170 valence electrons. The third-order valence-electron chi connectivity index (χ3n) is 5.03. The number of methoxy groups -OCH3 is 1. The number of Topliss-reactive ketones (excluding diaryl/α,β-unsaturated/α-hetero) is 1. The van der Waals surface area contributed by atoms with Gasteiger partial charge >= 0.3 is 0 Å². The van der Waals surface area contributed by atoms with E-state index in [2.05, 4.69) is 0 Å². The van der Waals surface area contributed by atoms with Gasteiger partial charge in [0.2, 0.25) is 10.0 Å². The molecule has 0 unspecified atom stereocenters. The van der Waals surface area contributed by atoms with Crippen molar-refractivity contribution in [2.75, 3.05) is 12.9 Å². The number of fused-ring (bicyclic) bond motifs is 1. The highest BCUT2D eigenvalue weighted by Crippen LogP contribution is 2.35. The molecule has 0 spiro atoms. The molecule has 4 aromatic rings. The van der Waals surface area contributed by atoms with Crippen molar-refractivity contribution < 1.29 is 30.8 Å². The van der Waals surface area contributed by atoms with Crippen LogP contribution in [0.4, 0.5) is 0 Å². The fourth-order valence-electron chi connectivity index (χ4n) is 3.46. The highest BCUT2D eigenvalue weighted by molar-refractivity contribution is 7.94. The van der Waals surface area contributed by atoms with Crippen LogP contribution in [0.5, 0.6) is 5.75 Å². The summed E-state index contributed by atoms with van der Waals surface area (Å²) < 4.78 is 60.5. The number of hydrogen-bond donors (Lipinski definition) is 1. The van der Waals surface area contributed by atoms with Crippen molar-refractivity contribution in [2.24, 2.45) is 5.14 Å². The maximum absolute atomic E-state index is 12.8. The maximum atomic E-state index is 12.8. The van der Waals surface area contributed by atoms with Gasteiger partial charge in [0.05, 0.1) is 17.6 Å². The summed E-state index contributed by atoms with van der Waals surface area (Å²) in [7, 11) is -7.16. The molecule has 3 aromatic carbocycles. The molecule has 0 saturated heterocycles. The second-order valence-electron chi connectivity index (χ2n) is 7.24. The van der Waals surface area contributed by atoms with Gasteiger partial charge in [-0.05, 0) is 36.4 Å². The molecule has 0 aliphatic carbocycles. The molecule has 2 N–H and O–H groups in total. The van der Waals surface area contributed by atoms with Crippen molar-refractivity contribution >= 4 is 36.6 Å². The van der Waals surface area contributed by atoms with Gasteiger partial charge in [-0.25, -0.2) is 22.0 Å². The Balaban J connectivity index is 1.67. The summed E-state index contributed by atoms with van der Waals surface area (Å²) in [5.41, 5.74) is 1.37. The fourth-order valence-corrected chi connectivity index (χ4v) is 6.13. The SMILES string of the molecule is COc1cc(C(=O)CS(=O)(=O)c2ccccc2S(N)(=O)=O)ccc1-c1cc2ccccc2o1. The fraction of sp³-hybridized carbons (Fsp3) is 0.0870. The van der Waals surface area contributed by atoms with Gasteiger partial charge in [-0.1, -0.05) is 36.4 Å². The summed E-state index contributed by atoms with van der Waals surface area (Å²) in [6.07, 6.45) is 0. The first-order valence-corrected chi connectivity index (χ1v) is 12.8. The van der Waals surface area contributed by atoms with Crippen LogP contribution in [-0.2, 0) is 19.9 Å². The standard InChI is InChI=1S/C23H19NO7S2/c1-30-20-12-15(10-11-17(20)21-13-16-6-2-3-7-19(16)31-21)18(25)14-32(26,27)22-8-4-5-9-23(22)33(24,28)29/h2-13H,14H2,1H3,(H2,24,28,29). The summed E-state index contributed by atoms with van der Waals surface area (Å²) >= 11 is 0. The minimum absolute atomic E-state index is 0.0865. The monoisotopic (exact) mass is 485 g/mol. The normalized spacial score (nSPS) is 12.1. The van der Waals surface area contributed by atoms with Gasteiger partial charge in [0.1, 0.15) is 27.7 Å². The summed E-state index contributed by atoms with van der Waals surface area (Å²) in [4.78, 5) is 11.7. The van der Waals surface area contributed by atoms with Crippen molar-refractivity contribution in [3.8, 4) is 17.1 Å². The average molecular weight is 486 g/mol. The highest BCUT2D eigenvalue weighted by atomic mass is 32.2. The second-order valence-corrected chi connectivity index (χ2v) is 10.7. The molecule has 0 aliphatic rings. The lowest BCUT2D eigenvalue weighted by molar-refractivity contribution is 0.102. The predicted octanol–water partition coefficient (Wildman–Crippen LogP) is 3.41. The Morgan fingerprint density at radius 1 is 0.909 bits per heavy atom. The Labute approximate surface area is 190 Å².